The summed E-state index contributed by atoms with van der Waals surface area (Å²) in [4.78, 5) is 13.8. The number of carbonyl (C=O) groups is 1. The maximum atomic E-state index is 12.0. The second-order valence-corrected chi connectivity index (χ2v) is 4.80. The molecule has 0 unspecified atom stereocenters. The second-order valence-electron chi connectivity index (χ2n) is 4.80. The third-order valence-electron chi connectivity index (χ3n) is 3.31. The fourth-order valence-electron chi connectivity index (χ4n) is 2.24. The zero-order valence-electron chi connectivity index (χ0n) is 10.4. The maximum absolute atomic E-state index is 12.0. The number of carbonyl (C=O) groups excluding carboxylic acids is 1. The Morgan fingerprint density at radius 2 is 2.18 bits per heavy atom. The number of hydrogen-bond acceptors (Lipinski definition) is 2. The Kier molecular flexibility index (Phi) is 4.15. The number of benzene rings is 1. The summed E-state index contributed by atoms with van der Waals surface area (Å²) in [6.07, 6.45) is 1.81. The molecule has 1 aliphatic heterocycles. The van der Waals surface area contributed by atoms with E-state index in [1.807, 2.05) is 30.1 Å². The number of rotatable bonds is 4. The molecular weight excluding hydrogens is 212 g/mol. The molecule has 1 amide bonds. The summed E-state index contributed by atoms with van der Waals surface area (Å²) < 4.78 is 0. The highest BCUT2D eigenvalue weighted by Gasteiger charge is 2.20. The highest BCUT2D eigenvalue weighted by atomic mass is 16.2. The Hall–Kier alpha value is -1.35. The third kappa shape index (κ3) is 3.56. The first-order chi connectivity index (χ1) is 8.25. The molecule has 0 bridgehead atoms. The van der Waals surface area contributed by atoms with Crippen LogP contribution in [0.4, 0.5) is 0 Å². The molecule has 1 aliphatic rings. The Morgan fingerprint density at radius 1 is 1.41 bits per heavy atom. The quantitative estimate of drug-likeness (QED) is 0.856. The summed E-state index contributed by atoms with van der Waals surface area (Å²) in [5, 5.41) is 3.30. The van der Waals surface area contributed by atoms with E-state index in [1.54, 1.807) is 0 Å². The maximum Gasteiger partial charge on any atom is 0.222 e. The van der Waals surface area contributed by atoms with Gasteiger partial charge in [-0.2, -0.15) is 0 Å². The highest BCUT2D eigenvalue weighted by Crippen LogP contribution is 2.14. The third-order valence-corrected chi connectivity index (χ3v) is 3.31. The lowest BCUT2D eigenvalue weighted by atomic mass is 10.0. The van der Waals surface area contributed by atoms with Gasteiger partial charge in [-0.25, -0.2) is 0 Å². The first-order valence-electron chi connectivity index (χ1n) is 6.24. The largest absolute Gasteiger partial charge is 0.341 e. The van der Waals surface area contributed by atoms with Crippen LogP contribution in [0.25, 0.3) is 0 Å². The van der Waals surface area contributed by atoms with E-state index in [-0.39, 0.29) is 5.91 Å². The van der Waals surface area contributed by atoms with Gasteiger partial charge in [0.2, 0.25) is 5.91 Å². The van der Waals surface area contributed by atoms with Crippen molar-refractivity contribution in [1.29, 1.82) is 0 Å². The predicted molar refractivity (Wildman–Crippen MR) is 68.5 cm³/mol. The van der Waals surface area contributed by atoms with Crippen LogP contribution in [0.15, 0.2) is 30.3 Å². The van der Waals surface area contributed by atoms with Crippen LogP contribution in [0.2, 0.25) is 0 Å². The van der Waals surface area contributed by atoms with Crippen molar-refractivity contribution in [3.63, 3.8) is 0 Å². The Bertz CT molecular complexity index is 358. The van der Waals surface area contributed by atoms with Gasteiger partial charge < -0.3 is 10.2 Å². The van der Waals surface area contributed by atoms with Gasteiger partial charge in [0.15, 0.2) is 0 Å². The van der Waals surface area contributed by atoms with E-state index >= 15 is 0 Å². The van der Waals surface area contributed by atoms with Crippen LogP contribution in [0.3, 0.4) is 0 Å². The summed E-state index contributed by atoms with van der Waals surface area (Å²) in [5.74, 6) is 0.781. The van der Waals surface area contributed by atoms with Gasteiger partial charge in [0.1, 0.15) is 0 Å². The van der Waals surface area contributed by atoms with Gasteiger partial charge in [0.25, 0.3) is 0 Å². The van der Waals surface area contributed by atoms with Crippen LogP contribution in [0, 0.1) is 5.92 Å². The minimum atomic E-state index is 0.252. The first kappa shape index (κ1) is 12.1. The average molecular weight is 232 g/mol. The average Bonchev–Trinajstić information content (AvgIpc) is 2.83. The molecule has 0 aliphatic carbocycles. The fourth-order valence-corrected chi connectivity index (χ4v) is 2.24. The SMILES string of the molecule is CN(Cc1ccccc1)C(=O)C[C@H]1CCNC1. The van der Waals surface area contributed by atoms with E-state index < -0.39 is 0 Å². The van der Waals surface area contributed by atoms with Crippen LogP contribution in [-0.2, 0) is 11.3 Å². The molecule has 0 saturated carbocycles. The number of nitrogens with zero attached hydrogens (tertiary/aromatic N) is 1. The minimum absolute atomic E-state index is 0.252. The molecule has 92 valence electrons. The molecule has 1 saturated heterocycles. The molecule has 1 fully saturated rings. The highest BCUT2D eigenvalue weighted by molar-refractivity contribution is 5.76. The Labute approximate surface area is 103 Å². The lowest BCUT2D eigenvalue weighted by Crippen LogP contribution is -2.28. The van der Waals surface area contributed by atoms with Gasteiger partial charge in [0.05, 0.1) is 0 Å². The van der Waals surface area contributed by atoms with Crippen LogP contribution in [-0.4, -0.2) is 30.9 Å². The second kappa shape index (κ2) is 5.82. The van der Waals surface area contributed by atoms with Crippen molar-refractivity contribution in [2.45, 2.75) is 19.4 Å². The molecule has 1 N–H and O–H groups in total. The molecule has 0 radical (unpaired) electrons. The Morgan fingerprint density at radius 3 is 2.82 bits per heavy atom. The number of amides is 1. The summed E-state index contributed by atoms with van der Waals surface area (Å²) in [7, 11) is 1.89. The van der Waals surface area contributed by atoms with Gasteiger partial charge in [-0.05, 0) is 31.0 Å². The van der Waals surface area contributed by atoms with E-state index in [1.165, 1.54) is 5.56 Å². The van der Waals surface area contributed by atoms with E-state index in [4.69, 9.17) is 0 Å². The summed E-state index contributed by atoms with van der Waals surface area (Å²) in [6.45, 7) is 2.76. The van der Waals surface area contributed by atoms with Crippen molar-refractivity contribution in [2.75, 3.05) is 20.1 Å². The summed E-state index contributed by atoms with van der Waals surface area (Å²) in [5.41, 5.74) is 1.19. The van der Waals surface area contributed by atoms with Crippen molar-refractivity contribution in [1.82, 2.24) is 10.2 Å². The van der Waals surface area contributed by atoms with E-state index in [9.17, 15) is 4.79 Å². The molecule has 17 heavy (non-hydrogen) atoms. The zero-order chi connectivity index (χ0) is 12.1. The normalized spacial score (nSPS) is 19.2. The molecule has 2 rings (SSSR count). The van der Waals surface area contributed by atoms with E-state index in [0.717, 1.165) is 19.5 Å². The molecule has 3 heteroatoms. The first-order valence-corrected chi connectivity index (χ1v) is 6.24. The summed E-state index contributed by atoms with van der Waals surface area (Å²) in [6, 6.07) is 10.1. The predicted octanol–water partition coefficient (Wildman–Crippen LogP) is 1.64. The molecule has 3 nitrogen and oxygen atoms in total. The van der Waals surface area contributed by atoms with Crippen LogP contribution < -0.4 is 5.32 Å². The Balaban J connectivity index is 1.82. The van der Waals surface area contributed by atoms with Crippen molar-refractivity contribution in [2.24, 2.45) is 5.92 Å². The zero-order valence-corrected chi connectivity index (χ0v) is 10.4. The van der Waals surface area contributed by atoms with Crippen molar-refractivity contribution in [3.05, 3.63) is 35.9 Å². The van der Waals surface area contributed by atoms with Crippen molar-refractivity contribution < 1.29 is 4.79 Å². The molecule has 0 spiro atoms. The standard InChI is InChI=1S/C14H20N2O/c1-16(11-12-5-3-2-4-6-12)14(17)9-13-7-8-15-10-13/h2-6,13,15H,7-11H2,1H3/t13-/m1/s1. The lowest BCUT2D eigenvalue weighted by Gasteiger charge is -2.19. The fraction of sp³-hybridized carbons (Fsp3) is 0.500. The van der Waals surface area contributed by atoms with Gasteiger partial charge in [-0.3, -0.25) is 4.79 Å². The van der Waals surface area contributed by atoms with E-state index in [0.29, 0.717) is 18.9 Å². The molecule has 1 atom stereocenters. The monoisotopic (exact) mass is 232 g/mol. The molecule has 1 heterocycles. The van der Waals surface area contributed by atoms with Crippen LogP contribution >= 0.6 is 0 Å². The van der Waals surface area contributed by atoms with E-state index in [2.05, 4.69) is 17.4 Å². The van der Waals surface area contributed by atoms with Gasteiger partial charge >= 0.3 is 0 Å². The molecule has 1 aromatic rings. The van der Waals surface area contributed by atoms with Crippen molar-refractivity contribution in [3.8, 4) is 0 Å². The van der Waals surface area contributed by atoms with Gasteiger partial charge in [-0.15, -0.1) is 0 Å². The topological polar surface area (TPSA) is 32.3 Å². The van der Waals surface area contributed by atoms with Gasteiger partial charge in [0, 0.05) is 20.0 Å². The van der Waals surface area contributed by atoms with Crippen molar-refractivity contribution >= 4 is 5.91 Å². The molecule has 0 aromatic heterocycles. The lowest BCUT2D eigenvalue weighted by molar-refractivity contribution is -0.131. The smallest absolute Gasteiger partial charge is 0.222 e. The molecule has 1 aromatic carbocycles. The van der Waals surface area contributed by atoms with Crippen LogP contribution in [0.5, 0.6) is 0 Å². The van der Waals surface area contributed by atoms with Gasteiger partial charge in [-0.1, -0.05) is 30.3 Å². The number of hydrogen-bond donors (Lipinski definition) is 1. The minimum Gasteiger partial charge on any atom is -0.341 e. The summed E-state index contributed by atoms with van der Waals surface area (Å²) >= 11 is 0. The van der Waals surface area contributed by atoms with Crippen LogP contribution in [0.1, 0.15) is 18.4 Å². The number of nitrogens with one attached hydrogen (secondary N) is 1. The molecular formula is C14H20N2O.